The van der Waals surface area contributed by atoms with Crippen molar-refractivity contribution in [3.63, 3.8) is 0 Å². The first-order valence-corrected chi connectivity index (χ1v) is 6.02. The molecule has 1 atom stereocenters. The fourth-order valence-corrected chi connectivity index (χ4v) is 2.47. The highest BCUT2D eigenvalue weighted by Gasteiger charge is 2.13. The number of hydrogen-bond acceptors (Lipinski definition) is 4. The average molecular weight is 252 g/mol. The number of aryl methyl sites for hydroxylation is 1. The van der Waals surface area contributed by atoms with Gasteiger partial charge in [-0.3, -0.25) is 0 Å². The second-order valence-corrected chi connectivity index (χ2v) is 4.82. The molecule has 0 fully saturated rings. The molecule has 1 heterocycles. The van der Waals surface area contributed by atoms with E-state index in [4.69, 9.17) is 10.2 Å². The third kappa shape index (κ3) is 2.68. The predicted molar refractivity (Wildman–Crippen MR) is 64.4 cm³/mol. The molecular formula is C12H13FN2OS. The van der Waals surface area contributed by atoms with E-state index in [0.717, 1.165) is 10.5 Å². The summed E-state index contributed by atoms with van der Waals surface area (Å²) in [6.07, 6.45) is 3.08. The molecule has 0 aliphatic carbocycles. The maximum absolute atomic E-state index is 13.5. The average Bonchev–Trinajstić information content (AvgIpc) is 2.75. The minimum Gasteiger partial charge on any atom is -0.440 e. The molecule has 1 aromatic heterocycles. The first-order chi connectivity index (χ1) is 8.08. The summed E-state index contributed by atoms with van der Waals surface area (Å²) in [4.78, 5) is 4.90. The summed E-state index contributed by atoms with van der Waals surface area (Å²) >= 11 is 1.35. The summed E-state index contributed by atoms with van der Waals surface area (Å²) in [7, 11) is 0. The topological polar surface area (TPSA) is 52.0 Å². The fourth-order valence-electron chi connectivity index (χ4n) is 1.47. The molecule has 3 nitrogen and oxygen atoms in total. The van der Waals surface area contributed by atoms with Crippen LogP contribution in [0.4, 0.5) is 4.39 Å². The Kier molecular flexibility index (Phi) is 3.49. The van der Waals surface area contributed by atoms with Gasteiger partial charge >= 0.3 is 0 Å². The van der Waals surface area contributed by atoms with Crippen LogP contribution in [0, 0.1) is 12.7 Å². The van der Waals surface area contributed by atoms with Crippen LogP contribution in [-0.2, 0) is 0 Å². The number of hydrogen-bond donors (Lipinski definition) is 1. The zero-order valence-electron chi connectivity index (χ0n) is 9.61. The van der Waals surface area contributed by atoms with Gasteiger partial charge in [0, 0.05) is 10.9 Å². The standard InChI is InChI=1S/C12H13FN2OS/c1-7-5-11(17-12-15-3-4-16-12)9(8(2)14)6-10(7)13/h3-6,8H,14H2,1-2H3/t8-/m1/s1. The van der Waals surface area contributed by atoms with Gasteiger partial charge in [0.05, 0.1) is 6.20 Å². The van der Waals surface area contributed by atoms with Gasteiger partial charge in [0.15, 0.2) is 0 Å². The number of nitrogens with zero attached hydrogens (tertiary/aromatic N) is 1. The summed E-state index contributed by atoms with van der Waals surface area (Å²) in [5.74, 6) is -0.242. The van der Waals surface area contributed by atoms with E-state index in [1.54, 1.807) is 19.2 Å². The van der Waals surface area contributed by atoms with Crippen molar-refractivity contribution in [3.05, 3.63) is 41.5 Å². The van der Waals surface area contributed by atoms with Crippen molar-refractivity contribution in [3.8, 4) is 0 Å². The number of aromatic nitrogens is 1. The van der Waals surface area contributed by atoms with Gasteiger partial charge in [-0.15, -0.1) is 0 Å². The van der Waals surface area contributed by atoms with Crippen LogP contribution in [0.3, 0.4) is 0 Å². The lowest BCUT2D eigenvalue weighted by atomic mass is 10.1. The zero-order valence-corrected chi connectivity index (χ0v) is 10.4. The lowest BCUT2D eigenvalue weighted by Gasteiger charge is -2.12. The van der Waals surface area contributed by atoms with Gasteiger partial charge in [0.1, 0.15) is 12.1 Å². The lowest BCUT2D eigenvalue weighted by Crippen LogP contribution is -2.07. The van der Waals surface area contributed by atoms with Crippen LogP contribution < -0.4 is 5.73 Å². The lowest BCUT2D eigenvalue weighted by molar-refractivity contribution is 0.454. The fraction of sp³-hybridized carbons (Fsp3) is 0.250. The molecule has 0 aliphatic heterocycles. The van der Waals surface area contributed by atoms with Crippen LogP contribution in [0.2, 0.25) is 0 Å². The second kappa shape index (κ2) is 4.89. The first kappa shape index (κ1) is 12.1. The van der Waals surface area contributed by atoms with E-state index in [0.29, 0.717) is 10.8 Å². The van der Waals surface area contributed by atoms with Crippen molar-refractivity contribution in [2.24, 2.45) is 5.73 Å². The van der Waals surface area contributed by atoms with Crippen LogP contribution in [0.5, 0.6) is 0 Å². The molecule has 0 unspecified atom stereocenters. The smallest absolute Gasteiger partial charge is 0.260 e. The minimum absolute atomic E-state index is 0.234. The molecule has 0 radical (unpaired) electrons. The molecule has 5 heteroatoms. The molecule has 2 rings (SSSR count). The van der Waals surface area contributed by atoms with E-state index in [1.165, 1.54) is 24.1 Å². The Morgan fingerprint density at radius 2 is 2.24 bits per heavy atom. The Balaban J connectivity index is 2.41. The van der Waals surface area contributed by atoms with Gasteiger partial charge in [-0.05, 0) is 48.9 Å². The molecule has 0 saturated carbocycles. The Labute approximate surface area is 103 Å². The van der Waals surface area contributed by atoms with E-state index in [9.17, 15) is 4.39 Å². The zero-order chi connectivity index (χ0) is 12.4. The maximum Gasteiger partial charge on any atom is 0.260 e. The van der Waals surface area contributed by atoms with E-state index >= 15 is 0 Å². The predicted octanol–water partition coefficient (Wildman–Crippen LogP) is 3.29. The quantitative estimate of drug-likeness (QED) is 0.910. The normalized spacial score (nSPS) is 12.7. The number of nitrogens with two attached hydrogens (primary N) is 1. The van der Waals surface area contributed by atoms with E-state index in [2.05, 4.69) is 4.98 Å². The molecule has 2 aromatic rings. The third-order valence-electron chi connectivity index (χ3n) is 2.39. The van der Waals surface area contributed by atoms with Crippen molar-refractivity contribution in [2.45, 2.75) is 30.0 Å². The Bertz CT molecular complexity index is 511. The molecule has 90 valence electrons. The Hall–Kier alpha value is -1.33. The number of benzene rings is 1. The van der Waals surface area contributed by atoms with Gasteiger partial charge in [-0.2, -0.15) is 0 Å². The molecule has 0 amide bonds. The number of halogens is 1. The van der Waals surface area contributed by atoms with Gasteiger partial charge in [0.2, 0.25) is 0 Å². The summed E-state index contributed by atoms with van der Waals surface area (Å²) in [5, 5.41) is 0.526. The Morgan fingerprint density at radius 1 is 1.47 bits per heavy atom. The van der Waals surface area contributed by atoms with Gasteiger partial charge in [0.25, 0.3) is 5.22 Å². The monoisotopic (exact) mass is 252 g/mol. The van der Waals surface area contributed by atoms with Crippen LogP contribution in [0.25, 0.3) is 0 Å². The summed E-state index contributed by atoms with van der Waals surface area (Å²) in [6.45, 7) is 3.55. The maximum atomic E-state index is 13.5. The molecule has 2 N–H and O–H groups in total. The van der Waals surface area contributed by atoms with Crippen molar-refractivity contribution in [2.75, 3.05) is 0 Å². The molecule has 0 saturated heterocycles. The van der Waals surface area contributed by atoms with Crippen molar-refractivity contribution < 1.29 is 8.81 Å². The van der Waals surface area contributed by atoms with E-state index in [1.807, 2.05) is 6.92 Å². The van der Waals surface area contributed by atoms with E-state index in [-0.39, 0.29) is 11.9 Å². The van der Waals surface area contributed by atoms with Gasteiger partial charge < -0.3 is 10.2 Å². The molecule has 0 bridgehead atoms. The summed E-state index contributed by atoms with van der Waals surface area (Å²) in [5.41, 5.74) is 7.18. The minimum atomic E-state index is -0.242. The molecule has 1 aromatic carbocycles. The van der Waals surface area contributed by atoms with Crippen LogP contribution in [0.15, 0.2) is 39.1 Å². The highest BCUT2D eigenvalue weighted by Crippen LogP contribution is 2.33. The number of oxazole rings is 1. The second-order valence-electron chi connectivity index (χ2n) is 3.83. The first-order valence-electron chi connectivity index (χ1n) is 5.21. The van der Waals surface area contributed by atoms with Gasteiger partial charge in [-0.25, -0.2) is 9.37 Å². The molecule has 0 spiro atoms. The highest BCUT2D eigenvalue weighted by molar-refractivity contribution is 7.99. The molecular weight excluding hydrogens is 239 g/mol. The van der Waals surface area contributed by atoms with E-state index < -0.39 is 0 Å². The van der Waals surface area contributed by atoms with Crippen LogP contribution in [-0.4, -0.2) is 4.98 Å². The molecule has 17 heavy (non-hydrogen) atoms. The number of rotatable bonds is 3. The highest BCUT2D eigenvalue weighted by atomic mass is 32.2. The van der Waals surface area contributed by atoms with Gasteiger partial charge in [-0.1, -0.05) is 0 Å². The van der Waals surface area contributed by atoms with Crippen LogP contribution >= 0.6 is 11.8 Å². The van der Waals surface area contributed by atoms with Crippen LogP contribution in [0.1, 0.15) is 24.1 Å². The SMILES string of the molecule is Cc1cc(Sc2ncco2)c([C@@H](C)N)cc1F. The largest absolute Gasteiger partial charge is 0.440 e. The molecule has 0 aliphatic rings. The Morgan fingerprint density at radius 3 is 2.82 bits per heavy atom. The third-order valence-corrected chi connectivity index (χ3v) is 3.34. The van der Waals surface area contributed by atoms with Crippen molar-refractivity contribution >= 4 is 11.8 Å². The van der Waals surface area contributed by atoms with Crippen molar-refractivity contribution in [1.29, 1.82) is 0 Å². The summed E-state index contributed by atoms with van der Waals surface area (Å²) in [6, 6.07) is 3.01. The summed E-state index contributed by atoms with van der Waals surface area (Å²) < 4.78 is 18.7. The van der Waals surface area contributed by atoms with Crippen molar-refractivity contribution in [1.82, 2.24) is 4.98 Å².